The van der Waals surface area contributed by atoms with Crippen LogP contribution in [0.2, 0.25) is 0 Å². The van der Waals surface area contributed by atoms with Crippen molar-refractivity contribution < 1.29 is 14.4 Å². The average Bonchev–Trinajstić information content (AvgIpc) is 3.14. The van der Waals surface area contributed by atoms with Crippen LogP contribution in [-0.2, 0) is 16.1 Å². The second kappa shape index (κ2) is 7.56. The third-order valence-electron chi connectivity index (χ3n) is 5.15. The fourth-order valence-electron chi connectivity index (χ4n) is 3.65. The molecule has 0 atom stereocenters. The van der Waals surface area contributed by atoms with Crippen molar-refractivity contribution in [3.63, 3.8) is 0 Å². The number of nitrogens with zero attached hydrogens (tertiary/aromatic N) is 2. The highest BCUT2D eigenvalue weighted by Gasteiger charge is 2.50. The number of carbonyl (C=O) groups is 3. The van der Waals surface area contributed by atoms with Crippen molar-refractivity contribution in [2.45, 2.75) is 57.0 Å². The number of imide groups is 1. The van der Waals surface area contributed by atoms with Crippen LogP contribution in [0.5, 0.6) is 0 Å². The molecule has 2 aliphatic rings. The van der Waals surface area contributed by atoms with Gasteiger partial charge in [-0.1, -0.05) is 38.2 Å². The molecule has 3 rings (SSSR count). The quantitative estimate of drug-likeness (QED) is 0.836. The molecule has 1 saturated heterocycles. The lowest BCUT2D eigenvalue weighted by atomic mass is 9.84. The Hall–Kier alpha value is -1.89. The first-order chi connectivity index (χ1) is 12.0. The number of nitrogens with one attached hydrogen (secondary N) is 1. The first-order valence-electron chi connectivity index (χ1n) is 8.92. The van der Waals surface area contributed by atoms with Crippen molar-refractivity contribution in [3.8, 4) is 0 Å². The largest absolute Gasteiger partial charge is 0.339 e. The Kier molecular flexibility index (Phi) is 5.42. The molecule has 0 unspecified atom stereocenters. The van der Waals surface area contributed by atoms with Crippen molar-refractivity contribution in [2.24, 2.45) is 0 Å². The van der Waals surface area contributed by atoms with Gasteiger partial charge in [0.25, 0.3) is 5.91 Å². The number of hydrogen-bond acceptors (Lipinski definition) is 4. The van der Waals surface area contributed by atoms with E-state index >= 15 is 0 Å². The molecule has 25 heavy (non-hydrogen) atoms. The zero-order chi connectivity index (χ0) is 17.9. The van der Waals surface area contributed by atoms with E-state index in [9.17, 15) is 14.4 Å². The number of amides is 4. The van der Waals surface area contributed by atoms with Gasteiger partial charge in [0.15, 0.2) is 0 Å². The van der Waals surface area contributed by atoms with Gasteiger partial charge < -0.3 is 10.2 Å². The van der Waals surface area contributed by atoms with Crippen molar-refractivity contribution >= 4 is 29.2 Å². The van der Waals surface area contributed by atoms with Crippen molar-refractivity contribution in [3.05, 3.63) is 22.4 Å². The fraction of sp³-hybridized carbons (Fsp3) is 0.611. The fourth-order valence-corrected chi connectivity index (χ4v) is 4.41. The Balaban J connectivity index is 1.64. The lowest BCUT2D eigenvalue weighted by Gasteiger charge is -2.28. The van der Waals surface area contributed by atoms with E-state index in [1.54, 1.807) is 23.3 Å². The molecule has 1 N–H and O–H groups in total. The molecule has 1 aliphatic heterocycles. The van der Waals surface area contributed by atoms with E-state index in [2.05, 4.69) is 5.32 Å². The summed E-state index contributed by atoms with van der Waals surface area (Å²) in [7, 11) is 1.70. The smallest absolute Gasteiger partial charge is 0.325 e. The molecule has 1 aromatic rings. The molecule has 136 valence electrons. The first kappa shape index (κ1) is 17.9. The standard InChI is InChI=1S/C18H25N3O3S/c1-20(12-14-8-7-11-25-14)15(22)13-21-16(23)18(19-17(21)24)9-5-3-2-4-6-10-18/h7-8,11H,2-6,9-10,12-13H2,1H3,(H,19,24). The Morgan fingerprint density at radius 1 is 1.24 bits per heavy atom. The van der Waals surface area contributed by atoms with Gasteiger partial charge in [-0.3, -0.25) is 14.5 Å². The maximum atomic E-state index is 12.9. The molecule has 7 heteroatoms. The summed E-state index contributed by atoms with van der Waals surface area (Å²) < 4.78 is 0. The highest BCUT2D eigenvalue weighted by molar-refractivity contribution is 7.09. The zero-order valence-electron chi connectivity index (χ0n) is 14.6. The summed E-state index contributed by atoms with van der Waals surface area (Å²) in [5.74, 6) is -0.447. The second-order valence-electron chi connectivity index (χ2n) is 7.00. The second-order valence-corrected chi connectivity index (χ2v) is 8.03. The van der Waals surface area contributed by atoms with Gasteiger partial charge in [0.2, 0.25) is 5.91 Å². The third-order valence-corrected chi connectivity index (χ3v) is 6.01. The van der Waals surface area contributed by atoms with Crippen LogP contribution in [0.25, 0.3) is 0 Å². The van der Waals surface area contributed by atoms with Crippen molar-refractivity contribution in [1.29, 1.82) is 0 Å². The number of carbonyl (C=O) groups excluding carboxylic acids is 3. The lowest BCUT2D eigenvalue weighted by Crippen LogP contribution is -2.48. The lowest BCUT2D eigenvalue weighted by molar-refractivity contribution is -0.139. The van der Waals surface area contributed by atoms with E-state index < -0.39 is 11.6 Å². The Morgan fingerprint density at radius 3 is 2.56 bits per heavy atom. The minimum absolute atomic E-state index is 0.186. The van der Waals surface area contributed by atoms with Crippen molar-refractivity contribution in [2.75, 3.05) is 13.6 Å². The number of urea groups is 1. The van der Waals surface area contributed by atoms with Crippen LogP contribution in [-0.4, -0.2) is 46.8 Å². The highest BCUT2D eigenvalue weighted by Crippen LogP contribution is 2.32. The maximum absolute atomic E-state index is 12.9. The van der Waals surface area contributed by atoms with E-state index in [0.717, 1.165) is 35.5 Å². The summed E-state index contributed by atoms with van der Waals surface area (Å²) in [5, 5.41) is 4.86. The molecule has 0 radical (unpaired) electrons. The van der Waals surface area contributed by atoms with Gasteiger partial charge >= 0.3 is 6.03 Å². The number of hydrogen-bond donors (Lipinski definition) is 1. The van der Waals surface area contributed by atoms with Gasteiger partial charge in [-0.2, -0.15) is 0 Å². The van der Waals surface area contributed by atoms with Crippen molar-refractivity contribution in [1.82, 2.24) is 15.1 Å². The minimum Gasteiger partial charge on any atom is -0.339 e. The van der Waals surface area contributed by atoms with Crippen LogP contribution < -0.4 is 5.32 Å². The van der Waals surface area contributed by atoms with Gasteiger partial charge in [0.05, 0.1) is 6.54 Å². The molecule has 2 fully saturated rings. The van der Waals surface area contributed by atoms with Gasteiger partial charge in [-0.05, 0) is 24.3 Å². The molecule has 1 aliphatic carbocycles. The number of likely N-dealkylation sites (N-methyl/N-ethyl adjacent to an activating group) is 1. The maximum Gasteiger partial charge on any atom is 0.325 e. The predicted octanol–water partition coefficient (Wildman–Crippen LogP) is 2.74. The van der Waals surface area contributed by atoms with Crippen LogP contribution in [0.3, 0.4) is 0 Å². The summed E-state index contributed by atoms with van der Waals surface area (Å²) in [5.41, 5.74) is -0.788. The summed E-state index contributed by atoms with van der Waals surface area (Å²) in [4.78, 5) is 41.5. The zero-order valence-corrected chi connectivity index (χ0v) is 15.4. The molecule has 6 nitrogen and oxygen atoms in total. The SMILES string of the molecule is CN(Cc1cccs1)C(=O)CN1C(=O)NC2(CCCCCCC2)C1=O. The number of thiophene rings is 1. The Morgan fingerprint density at radius 2 is 1.92 bits per heavy atom. The van der Waals surface area contributed by atoms with Crippen LogP contribution >= 0.6 is 11.3 Å². The van der Waals surface area contributed by atoms with Crippen LogP contribution in [0.4, 0.5) is 4.79 Å². The predicted molar refractivity (Wildman–Crippen MR) is 96.1 cm³/mol. The third kappa shape index (κ3) is 3.86. The molecule has 1 spiro atoms. The van der Waals surface area contributed by atoms with E-state index in [4.69, 9.17) is 0 Å². The van der Waals surface area contributed by atoms with Gasteiger partial charge in [0, 0.05) is 11.9 Å². The van der Waals surface area contributed by atoms with E-state index in [1.165, 1.54) is 6.42 Å². The Bertz CT molecular complexity index is 636. The minimum atomic E-state index is -0.788. The monoisotopic (exact) mass is 363 g/mol. The molecule has 1 aromatic heterocycles. The summed E-state index contributed by atoms with van der Waals surface area (Å²) >= 11 is 1.58. The molecular formula is C18H25N3O3S. The molecule has 4 amide bonds. The molecule has 0 aromatic carbocycles. The van der Waals surface area contributed by atoms with Gasteiger partial charge in [-0.25, -0.2) is 4.79 Å². The normalized spacial score (nSPS) is 20.3. The Labute approximate surface area is 152 Å². The van der Waals surface area contributed by atoms with Crippen LogP contribution in [0.1, 0.15) is 49.8 Å². The van der Waals surface area contributed by atoms with Gasteiger partial charge in [-0.15, -0.1) is 11.3 Å². The van der Waals surface area contributed by atoms with Gasteiger partial charge in [0.1, 0.15) is 12.1 Å². The summed E-state index contributed by atoms with van der Waals surface area (Å²) in [6, 6.07) is 3.48. The molecule has 1 saturated carbocycles. The van der Waals surface area contributed by atoms with Crippen LogP contribution in [0.15, 0.2) is 17.5 Å². The summed E-state index contributed by atoms with van der Waals surface area (Å²) in [6.45, 7) is 0.305. The molecular weight excluding hydrogens is 338 g/mol. The number of rotatable bonds is 4. The topological polar surface area (TPSA) is 69.7 Å². The summed E-state index contributed by atoms with van der Waals surface area (Å²) in [6.07, 6.45) is 6.59. The average molecular weight is 363 g/mol. The first-order valence-corrected chi connectivity index (χ1v) is 9.80. The highest BCUT2D eigenvalue weighted by atomic mass is 32.1. The van der Waals surface area contributed by atoms with E-state index in [0.29, 0.717) is 19.4 Å². The molecule has 0 bridgehead atoms. The molecule has 2 heterocycles. The van der Waals surface area contributed by atoms with Crippen LogP contribution in [0, 0.1) is 0 Å². The van der Waals surface area contributed by atoms with E-state index in [-0.39, 0.29) is 18.4 Å². The van der Waals surface area contributed by atoms with E-state index in [1.807, 2.05) is 17.5 Å².